The first kappa shape index (κ1) is 12.4. The molecule has 2 rings (SSSR count). The average molecular weight is 347 g/mol. The standard InChI is InChI=1S/C13H17Br2N/c1-13(2)6-5-10(8-13)16-12-4-3-9(14)7-11(12)15/h3-4,7,10,16H,5-6,8H2,1-2H3. The summed E-state index contributed by atoms with van der Waals surface area (Å²) in [5.74, 6) is 0. The van der Waals surface area contributed by atoms with Crippen LogP contribution in [0.15, 0.2) is 27.1 Å². The van der Waals surface area contributed by atoms with E-state index in [4.69, 9.17) is 0 Å². The molecule has 16 heavy (non-hydrogen) atoms. The molecule has 1 saturated carbocycles. The third-order valence-corrected chi connectivity index (χ3v) is 4.41. The zero-order chi connectivity index (χ0) is 11.8. The highest BCUT2D eigenvalue weighted by Crippen LogP contribution is 2.39. The van der Waals surface area contributed by atoms with E-state index < -0.39 is 0 Å². The fraction of sp³-hybridized carbons (Fsp3) is 0.538. The maximum Gasteiger partial charge on any atom is 0.0487 e. The summed E-state index contributed by atoms with van der Waals surface area (Å²) in [6.07, 6.45) is 3.85. The van der Waals surface area contributed by atoms with Gasteiger partial charge in [0.2, 0.25) is 0 Å². The number of rotatable bonds is 2. The summed E-state index contributed by atoms with van der Waals surface area (Å²) in [6, 6.07) is 6.90. The summed E-state index contributed by atoms with van der Waals surface area (Å²) in [4.78, 5) is 0. The molecule has 1 unspecified atom stereocenters. The lowest BCUT2D eigenvalue weighted by molar-refractivity contribution is 0.378. The van der Waals surface area contributed by atoms with Crippen molar-refractivity contribution >= 4 is 37.5 Å². The van der Waals surface area contributed by atoms with Gasteiger partial charge in [0.05, 0.1) is 0 Å². The molecular weight excluding hydrogens is 330 g/mol. The van der Waals surface area contributed by atoms with E-state index in [9.17, 15) is 0 Å². The number of hydrogen-bond donors (Lipinski definition) is 1. The summed E-state index contributed by atoms with van der Waals surface area (Å²) in [7, 11) is 0. The Kier molecular flexibility index (Phi) is 3.65. The lowest BCUT2D eigenvalue weighted by Gasteiger charge is -2.19. The number of hydrogen-bond acceptors (Lipinski definition) is 1. The van der Waals surface area contributed by atoms with E-state index in [-0.39, 0.29) is 0 Å². The quantitative estimate of drug-likeness (QED) is 0.775. The second-order valence-electron chi connectivity index (χ2n) is 5.37. The summed E-state index contributed by atoms with van der Waals surface area (Å²) >= 11 is 7.06. The summed E-state index contributed by atoms with van der Waals surface area (Å²) < 4.78 is 2.24. The van der Waals surface area contributed by atoms with E-state index in [0.717, 1.165) is 8.95 Å². The van der Waals surface area contributed by atoms with E-state index >= 15 is 0 Å². The first-order valence-corrected chi connectivity index (χ1v) is 7.26. The van der Waals surface area contributed by atoms with Gasteiger partial charge in [-0.25, -0.2) is 0 Å². The third kappa shape index (κ3) is 3.01. The summed E-state index contributed by atoms with van der Waals surface area (Å²) in [6.45, 7) is 4.70. The van der Waals surface area contributed by atoms with Gasteiger partial charge in [-0.05, 0) is 58.8 Å². The van der Waals surface area contributed by atoms with E-state index in [1.54, 1.807) is 0 Å². The minimum absolute atomic E-state index is 0.500. The summed E-state index contributed by atoms with van der Waals surface area (Å²) in [5, 5.41) is 3.62. The molecule has 0 saturated heterocycles. The van der Waals surface area contributed by atoms with Gasteiger partial charge in [0.15, 0.2) is 0 Å². The molecule has 1 nitrogen and oxygen atoms in total. The summed E-state index contributed by atoms with van der Waals surface area (Å²) in [5.41, 5.74) is 1.70. The minimum atomic E-state index is 0.500. The maximum atomic E-state index is 3.62. The monoisotopic (exact) mass is 345 g/mol. The van der Waals surface area contributed by atoms with Crippen molar-refractivity contribution in [1.82, 2.24) is 0 Å². The van der Waals surface area contributed by atoms with Gasteiger partial charge in [0, 0.05) is 20.7 Å². The van der Waals surface area contributed by atoms with Crippen LogP contribution in [0.25, 0.3) is 0 Å². The van der Waals surface area contributed by atoms with Crippen molar-refractivity contribution in [2.75, 3.05) is 5.32 Å². The molecule has 0 radical (unpaired) electrons. The molecule has 1 aromatic rings. The van der Waals surface area contributed by atoms with Gasteiger partial charge in [-0.3, -0.25) is 0 Å². The lowest BCUT2D eigenvalue weighted by Crippen LogP contribution is -2.17. The Balaban J connectivity index is 2.05. The molecule has 1 aliphatic rings. The second kappa shape index (κ2) is 4.69. The zero-order valence-electron chi connectivity index (χ0n) is 9.69. The molecule has 0 bridgehead atoms. The molecule has 0 aliphatic heterocycles. The molecule has 0 spiro atoms. The van der Waals surface area contributed by atoms with Gasteiger partial charge in [0.25, 0.3) is 0 Å². The van der Waals surface area contributed by atoms with Crippen LogP contribution in [0.5, 0.6) is 0 Å². The Morgan fingerprint density at radius 2 is 2.06 bits per heavy atom. The number of anilines is 1. The topological polar surface area (TPSA) is 12.0 Å². The SMILES string of the molecule is CC1(C)CCC(Nc2ccc(Br)cc2Br)C1. The molecule has 1 fully saturated rings. The third-order valence-electron chi connectivity index (χ3n) is 3.26. The molecule has 1 atom stereocenters. The van der Waals surface area contributed by atoms with Crippen molar-refractivity contribution in [3.63, 3.8) is 0 Å². The normalized spacial score (nSPS) is 23.4. The Hall–Kier alpha value is -0.0200. The molecular formula is C13H17Br2N. The molecule has 1 N–H and O–H groups in total. The van der Waals surface area contributed by atoms with Crippen molar-refractivity contribution in [3.05, 3.63) is 27.1 Å². The molecule has 1 aliphatic carbocycles. The van der Waals surface area contributed by atoms with Crippen molar-refractivity contribution in [3.8, 4) is 0 Å². The van der Waals surface area contributed by atoms with Crippen LogP contribution in [0.1, 0.15) is 33.1 Å². The highest BCUT2D eigenvalue weighted by Gasteiger charge is 2.30. The van der Waals surface area contributed by atoms with E-state index in [2.05, 4.69) is 69.2 Å². The van der Waals surface area contributed by atoms with Gasteiger partial charge in [0.1, 0.15) is 0 Å². The number of nitrogens with one attached hydrogen (secondary N) is 1. The highest BCUT2D eigenvalue weighted by atomic mass is 79.9. The fourth-order valence-corrected chi connectivity index (χ4v) is 3.55. The fourth-order valence-electron chi connectivity index (χ4n) is 2.39. The van der Waals surface area contributed by atoms with Gasteiger partial charge in [-0.2, -0.15) is 0 Å². The number of halogens is 2. The van der Waals surface area contributed by atoms with Crippen LogP contribution >= 0.6 is 31.9 Å². The van der Waals surface area contributed by atoms with Crippen LogP contribution in [0.4, 0.5) is 5.69 Å². The highest BCUT2D eigenvalue weighted by molar-refractivity contribution is 9.11. The van der Waals surface area contributed by atoms with Crippen LogP contribution in [0.3, 0.4) is 0 Å². The van der Waals surface area contributed by atoms with Crippen LogP contribution in [-0.4, -0.2) is 6.04 Å². The molecule has 0 aromatic heterocycles. The molecule has 0 heterocycles. The van der Waals surface area contributed by atoms with Gasteiger partial charge in [-0.15, -0.1) is 0 Å². The van der Waals surface area contributed by atoms with Crippen molar-refractivity contribution in [1.29, 1.82) is 0 Å². The first-order valence-electron chi connectivity index (χ1n) is 5.68. The van der Waals surface area contributed by atoms with E-state index in [0.29, 0.717) is 11.5 Å². The molecule has 0 amide bonds. The van der Waals surface area contributed by atoms with E-state index in [1.165, 1.54) is 24.9 Å². The van der Waals surface area contributed by atoms with Crippen molar-refractivity contribution in [2.45, 2.75) is 39.2 Å². The Labute approximate surface area is 114 Å². The lowest BCUT2D eigenvalue weighted by atomic mass is 9.92. The predicted octanol–water partition coefficient (Wildman–Crippen LogP) is 5.20. The van der Waals surface area contributed by atoms with Crippen molar-refractivity contribution < 1.29 is 0 Å². The van der Waals surface area contributed by atoms with Gasteiger partial charge in [-0.1, -0.05) is 29.8 Å². The average Bonchev–Trinajstić information content (AvgIpc) is 2.51. The van der Waals surface area contributed by atoms with Gasteiger partial charge < -0.3 is 5.32 Å². The Bertz CT molecular complexity index is 388. The molecule has 3 heteroatoms. The van der Waals surface area contributed by atoms with Gasteiger partial charge >= 0.3 is 0 Å². The minimum Gasteiger partial charge on any atom is -0.381 e. The maximum absolute atomic E-state index is 3.62. The predicted molar refractivity (Wildman–Crippen MR) is 76.9 cm³/mol. The molecule has 1 aromatic carbocycles. The Morgan fingerprint density at radius 1 is 1.31 bits per heavy atom. The molecule has 88 valence electrons. The second-order valence-corrected chi connectivity index (χ2v) is 7.14. The van der Waals surface area contributed by atoms with E-state index in [1.807, 2.05) is 0 Å². The van der Waals surface area contributed by atoms with Crippen LogP contribution in [0.2, 0.25) is 0 Å². The van der Waals surface area contributed by atoms with Crippen LogP contribution in [-0.2, 0) is 0 Å². The zero-order valence-corrected chi connectivity index (χ0v) is 12.9. The Morgan fingerprint density at radius 3 is 2.62 bits per heavy atom. The smallest absolute Gasteiger partial charge is 0.0487 e. The van der Waals surface area contributed by atoms with Crippen molar-refractivity contribution in [2.24, 2.45) is 5.41 Å². The van der Waals surface area contributed by atoms with Crippen LogP contribution < -0.4 is 5.32 Å². The van der Waals surface area contributed by atoms with Crippen LogP contribution in [0, 0.1) is 5.41 Å². The first-order chi connectivity index (χ1) is 7.46. The number of benzene rings is 1. The largest absolute Gasteiger partial charge is 0.381 e.